The molecule has 0 fully saturated rings. The van der Waals surface area contributed by atoms with Crippen LogP contribution >= 0.6 is 0 Å². The van der Waals surface area contributed by atoms with E-state index < -0.39 is 5.97 Å². The third-order valence-electron chi connectivity index (χ3n) is 3.05. The maximum absolute atomic E-state index is 11.9. The number of hydrogen-bond acceptors (Lipinski definition) is 3. The fraction of sp³-hybridized carbons (Fsp3) is 0.545. The van der Waals surface area contributed by atoms with Crippen molar-refractivity contribution in [3.05, 3.63) is 17.0 Å². The lowest BCUT2D eigenvalue weighted by Gasteiger charge is -2.29. The maximum Gasteiger partial charge on any atom is 0.354 e. The minimum absolute atomic E-state index is 0.110. The van der Waals surface area contributed by atoms with E-state index in [1.54, 1.807) is 26.0 Å². The first-order valence-electron chi connectivity index (χ1n) is 5.66. The average molecular weight is 252 g/mol. The quantitative estimate of drug-likeness (QED) is 0.772. The zero-order valence-corrected chi connectivity index (χ0v) is 10.7. The molecule has 0 atom stereocenters. The van der Waals surface area contributed by atoms with E-state index in [1.165, 1.54) is 9.58 Å². The number of nitrogens with zero attached hydrogens (tertiary/aromatic N) is 4. The molecule has 18 heavy (non-hydrogen) atoms. The topological polar surface area (TPSA) is 78.7 Å². The molecular formula is C11H16N4O3. The smallest absolute Gasteiger partial charge is 0.354 e. The number of hydrogen-bond donors (Lipinski definition) is 1. The second-order valence-corrected chi connectivity index (χ2v) is 4.55. The van der Waals surface area contributed by atoms with Crippen LogP contribution in [-0.2, 0) is 20.0 Å². The van der Waals surface area contributed by atoms with Crippen LogP contribution in [0.4, 0.5) is 4.79 Å². The molecule has 1 aromatic heterocycles. The summed E-state index contributed by atoms with van der Waals surface area (Å²) in [5.41, 5.74) is 1.59. The molecule has 2 heterocycles. The summed E-state index contributed by atoms with van der Waals surface area (Å²) in [6.07, 6.45) is 0.593. The van der Waals surface area contributed by atoms with Gasteiger partial charge in [-0.1, -0.05) is 0 Å². The summed E-state index contributed by atoms with van der Waals surface area (Å²) in [6, 6.07) is -0.110. The van der Waals surface area contributed by atoms with E-state index >= 15 is 0 Å². The molecule has 1 aliphatic heterocycles. The lowest BCUT2D eigenvalue weighted by atomic mass is 10.1. The number of amides is 2. The normalized spacial score (nSPS) is 14.3. The van der Waals surface area contributed by atoms with Gasteiger partial charge in [0.05, 0.1) is 12.2 Å². The van der Waals surface area contributed by atoms with Crippen molar-refractivity contribution in [2.45, 2.75) is 13.0 Å². The van der Waals surface area contributed by atoms with Crippen molar-refractivity contribution in [3.63, 3.8) is 0 Å². The van der Waals surface area contributed by atoms with Crippen LogP contribution in [-0.4, -0.2) is 57.3 Å². The van der Waals surface area contributed by atoms with Crippen LogP contribution in [0.3, 0.4) is 0 Å². The predicted octanol–water partition coefficient (Wildman–Crippen LogP) is 0.158. The Kier molecular flexibility index (Phi) is 2.98. The molecule has 0 saturated heterocycles. The SMILES string of the molecule is CN(C)C(=O)N1CCc2nn(C)c(C(=O)O)c2C1. The Bertz CT molecular complexity index is 507. The molecule has 2 rings (SSSR count). The molecule has 1 aliphatic rings. The number of carbonyl (C=O) groups excluding carboxylic acids is 1. The van der Waals surface area contributed by atoms with Crippen LogP contribution in [0.2, 0.25) is 0 Å². The summed E-state index contributed by atoms with van der Waals surface area (Å²) in [6.45, 7) is 0.877. The third kappa shape index (κ3) is 1.92. The number of carboxylic acids is 1. The molecule has 7 nitrogen and oxygen atoms in total. The minimum Gasteiger partial charge on any atom is -0.477 e. The number of aromatic carboxylic acids is 1. The number of aromatic nitrogens is 2. The lowest BCUT2D eigenvalue weighted by molar-refractivity contribution is 0.0682. The number of carbonyl (C=O) groups is 2. The summed E-state index contributed by atoms with van der Waals surface area (Å²) < 4.78 is 1.37. The van der Waals surface area contributed by atoms with Crippen LogP contribution in [0.25, 0.3) is 0 Å². The van der Waals surface area contributed by atoms with Gasteiger partial charge >= 0.3 is 12.0 Å². The van der Waals surface area contributed by atoms with E-state index in [0.717, 1.165) is 5.69 Å². The van der Waals surface area contributed by atoms with Crippen molar-refractivity contribution in [2.24, 2.45) is 7.05 Å². The average Bonchev–Trinajstić information content (AvgIpc) is 2.62. The molecule has 0 unspecified atom stereocenters. The zero-order valence-electron chi connectivity index (χ0n) is 10.7. The van der Waals surface area contributed by atoms with Gasteiger partial charge in [0.25, 0.3) is 0 Å². The third-order valence-corrected chi connectivity index (χ3v) is 3.05. The predicted molar refractivity (Wildman–Crippen MR) is 63.4 cm³/mol. The minimum atomic E-state index is -1.01. The summed E-state index contributed by atoms with van der Waals surface area (Å²) >= 11 is 0. The van der Waals surface area contributed by atoms with Gasteiger partial charge in [-0.3, -0.25) is 4.68 Å². The van der Waals surface area contributed by atoms with Gasteiger partial charge in [-0.2, -0.15) is 5.10 Å². The molecule has 7 heteroatoms. The van der Waals surface area contributed by atoms with Crippen molar-refractivity contribution in [1.82, 2.24) is 19.6 Å². The van der Waals surface area contributed by atoms with Gasteiger partial charge in [0.2, 0.25) is 0 Å². The zero-order chi connectivity index (χ0) is 13.4. The lowest BCUT2D eigenvalue weighted by Crippen LogP contribution is -2.42. The number of carboxylic acid groups (broad SMARTS) is 1. The van der Waals surface area contributed by atoms with E-state index in [1.807, 2.05) is 0 Å². The van der Waals surface area contributed by atoms with Gasteiger partial charge < -0.3 is 14.9 Å². The van der Waals surface area contributed by atoms with Crippen LogP contribution in [0.5, 0.6) is 0 Å². The van der Waals surface area contributed by atoms with Crippen molar-refractivity contribution in [3.8, 4) is 0 Å². The van der Waals surface area contributed by atoms with E-state index in [0.29, 0.717) is 25.1 Å². The van der Waals surface area contributed by atoms with Gasteiger partial charge in [-0.25, -0.2) is 9.59 Å². The number of aryl methyl sites for hydroxylation is 1. The van der Waals surface area contributed by atoms with Crippen LogP contribution in [0, 0.1) is 0 Å². The fourth-order valence-corrected chi connectivity index (χ4v) is 2.21. The molecule has 98 valence electrons. The molecule has 0 aliphatic carbocycles. The molecule has 0 spiro atoms. The molecule has 0 aromatic carbocycles. The number of urea groups is 1. The Morgan fingerprint density at radius 2 is 2.06 bits per heavy atom. The van der Waals surface area contributed by atoms with Crippen molar-refractivity contribution in [2.75, 3.05) is 20.6 Å². The Morgan fingerprint density at radius 1 is 1.39 bits per heavy atom. The number of fused-ring (bicyclic) bond motifs is 1. The van der Waals surface area contributed by atoms with E-state index in [2.05, 4.69) is 5.10 Å². The molecule has 0 saturated carbocycles. The first-order valence-corrected chi connectivity index (χ1v) is 5.66. The molecule has 0 radical (unpaired) electrons. The van der Waals surface area contributed by atoms with Gasteiger partial charge in [-0.05, 0) is 0 Å². The first kappa shape index (κ1) is 12.4. The van der Waals surface area contributed by atoms with Crippen LogP contribution in [0.1, 0.15) is 21.7 Å². The summed E-state index contributed by atoms with van der Waals surface area (Å²) in [5.74, 6) is -1.01. The summed E-state index contributed by atoms with van der Waals surface area (Å²) in [4.78, 5) is 26.2. The van der Waals surface area contributed by atoms with E-state index in [-0.39, 0.29) is 11.7 Å². The summed E-state index contributed by atoms with van der Waals surface area (Å²) in [5, 5.41) is 13.4. The Labute approximate surface area is 105 Å². The largest absolute Gasteiger partial charge is 0.477 e. The van der Waals surface area contributed by atoms with Crippen molar-refractivity contribution in [1.29, 1.82) is 0 Å². The molecular weight excluding hydrogens is 236 g/mol. The fourth-order valence-electron chi connectivity index (χ4n) is 2.21. The van der Waals surface area contributed by atoms with Gasteiger partial charge in [0.15, 0.2) is 5.69 Å². The highest BCUT2D eigenvalue weighted by molar-refractivity contribution is 5.88. The highest BCUT2D eigenvalue weighted by atomic mass is 16.4. The van der Waals surface area contributed by atoms with Gasteiger partial charge in [-0.15, -0.1) is 0 Å². The molecule has 1 aromatic rings. The van der Waals surface area contributed by atoms with Crippen molar-refractivity contribution >= 4 is 12.0 Å². The standard InChI is InChI=1S/C11H16N4O3/c1-13(2)11(18)15-5-4-8-7(6-15)9(10(16)17)14(3)12-8/h4-6H2,1-3H3,(H,16,17). The first-order chi connectivity index (χ1) is 8.41. The molecule has 1 N–H and O–H groups in total. The van der Waals surface area contributed by atoms with Gasteiger partial charge in [0, 0.05) is 39.7 Å². The molecule has 0 bridgehead atoms. The van der Waals surface area contributed by atoms with Crippen LogP contribution < -0.4 is 0 Å². The highest BCUT2D eigenvalue weighted by Gasteiger charge is 2.29. The summed E-state index contributed by atoms with van der Waals surface area (Å²) in [7, 11) is 4.97. The second kappa shape index (κ2) is 4.32. The number of rotatable bonds is 1. The molecule has 2 amide bonds. The van der Waals surface area contributed by atoms with Gasteiger partial charge in [0.1, 0.15) is 0 Å². The van der Waals surface area contributed by atoms with Crippen LogP contribution in [0.15, 0.2) is 0 Å². The van der Waals surface area contributed by atoms with E-state index in [4.69, 9.17) is 5.11 Å². The Hall–Kier alpha value is -2.05. The Balaban J connectivity index is 2.33. The Morgan fingerprint density at radius 3 is 2.61 bits per heavy atom. The van der Waals surface area contributed by atoms with E-state index in [9.17, 15) is 9.59 Å². The highest BCUT2D eigenvalue weighted by Crippen LogP contribution is 2.22. The second-order valence-electron chi connectivity index (χ2n) is 4.55. The maximum atomic E-state index is 11.9. The monoisotopic (exact) mass is 252 g/mol. The van der Waals surface area contributed by atoms with Crippen molar-refractivity contribution < 1.29 is 14.7 Å².